The van der Waals surface area contributed by atoms with Crippen LogP contribution in [-0.2, 0) is 4.74 Å². The molecule has 116 valence electrons. The van der Waals surface area contributed by atoms with E-state index in [2.05, 4.69) is 25.8 Å². The molecule has 2 N–H and O–H groups in total. The zero-order valence-electron chi connectivity index (χ0n) is 11.7. The summed E-state index contributed by atoms with van der Waals surface area (Å²) in [6.45, 7) is 1.53. The summed E-state index contributed by atoms with van der Waals surface area (Å²) in [6.07, 6.45) is 3.97. The van der Waals surface area contributed by atoms with Gasteiger partial charge in [-0.25, -0.2) is 0 Å². The Morgan fingerprint density at radius 1 is 1.32 bits per heavy atom. The van der Waals surface area contributed by atoms with Crippen LogP contribution in [0.2, 0.25) is 10.0 Å². The van der Waals surface area contributed by atoms with Gasteiger partial charge >= 0.3 is 0 Å². The maximum Gasteiger partial charge on any atom is 0.249 e. The van der Waals surface area contributed by atoms with Gasteiger partial charge in [0.15, 0.2) is 5.82 Å². The van der Waals surface area contributed by atoms with E-state index in [0.29, 0.717) is 34.0 Å². The molecule has 2 heterocycles. The molecule has 0 amide bonds. The predicted octanol–water partition coefficient (Wildman–Crippen LogP) is 3.51. The molecule has 1 aromatic heterocycles. The zero-order chi connectivity index (χ0) is 15.4. The molecule has 0 aliphatic carbocycles. The molecule has 0 saturated carbocycles. The third-order valence-electron chi connectivity index (χ3n) is 3.29. The average molecular weight is 340 g/mol. The second kappa shape index (κ2) is 7.09. The van der Waals surface area contributed by atoms with Crippen LogP contribution in [-0.4, -0.2) is 34.4 Å². The van der Waals surface area contributed by atoms with Crippen LogP contribution in [0.1, 0.15) is 12.8 Å². The van der Waals surface area contributed by atoms with Gasteiger partial charge in [0.2, 0.25) is 5.95 Å². The first kappa shape index (κ1) is 15.3. The number of anilines is 3. The summed E-state index contributed by atoms with van der Waals surface area (Å²) in [6, 6.07) is 5.31. The van der Waals surface area contributed by atoms with Gasteiger partial charge in [-0.2, -0.15) is 10.1 Å². The molecule has 1 atom stereocenters. The molecule has 6 nitrogen and oxygen atoms in total. The number of ether oxygens (including phenoxy) is 1. The van der Waals surface area contributed by atoms with Crippen molar-refractivity contribution in [2.75, 3.05) is 23.8 Å². The van der Waals surface area contributed by atoms with Crippen molar-refractivity contribution in [3.05, 3.63) is 34.4 Å². The van der Waals surface area contributed by atoms with E-state index in [4.69, 9.17) is 27.9 Å². The van der Waals surface area contributed by atoms with Crippen LogP contribution < -0.4 is 10.6 Å². The topological polar surface area (TPSA) is 72.0 Å². The highest BCUT2D eigenvalue weighted by molar-refractivity contribution is 6.43. The minimum absolute atomic E-state index is 0.230. The van der Waals surface area contributed by atoms with Gasteiger partial charge in [-0.15, -0.1) is 5.10 Å². The van der Waals surface area contributed by atoms with Gasteiger partial charge in [0, 0.05) is 13.2 Å². The lowest BCUT2D eigenvalue weighted by Crippen LogP contribution is -2.19. The minimum atomic E-state index is 0.230. The normalized spacial score (nSPS) is 17.5. The quantitative estimate of drug-likeness (QED) is 0.868. The van der Waals surface area contributed by atoms with Gasteiger partial charge in [-0.05, 0) is 25.0 Å². The van der Waals surface area contributed by atoms with Crippen molar-refractivity contribution in [2.24, 2.45) is 0 Å². The molecule has 22 heavy (non-hydrogen) atoms. The SMILES string of the molecule is Clc1cccc(Nc2nncc(NCC3CCCO3)n2)c1Cl. The first-order valence-corrected chi connectivity index (χ1v) is 7.74. The summed E-state index contributed by atoms with van der Waals surface area (Å²) in [4.78, 5) is 4.35. The smallest absolute Gasteiger partial charge is 0.249 e. The van der Waals surface area contributed by atoms with E-state index < -0.39 is 0 Å². The summed E-state index contributed by atoms with van der Waals surface area (Å²) in [5.41, 5.74) is 0.632. The van der Waals surface area contributed by atoms with Crippen molar-refractivity contribution >= 4 is 40.7 Å². The Kier molecular flexibility index (Phi) is 4.92. The minimum Gasteiger partial charge on any atom is -0.376 e. The lowest BCUT2D eigenvalue weighted by Gasteiger charge is -2.12. The molecule has 1 aliphatic rings. The second-order valence-electron chi connectivity index (χ2n) is 4.91. The predicted molar refractivity (Wildman–Crippen MR) is 87.0 cm³/mol. The van der Waals surface area contributed by atoms with Crippen molar-refractivity contribution in [3.8, 4) is 0 Å². The summed E-state index contributed by atoms with van der Waals surface area (Å²) in [5, 5.41) is 15.0. The molecule has 1 fully saturated rings. The molecule has 3 rings (SSSR count). The van der Waals surface area contributed by atoms with Crippen molar-refractivity contribution in [1.29, 1.82) is 0 Å². The molecule has 8 heteroatoms. The molecule has 1 aliphatic heterocycles. The molecule has 0 bridgehead atoms. The fourth-order valence-corrected chi connectivity index (χ4v) is 2.53. The molecule has 0 spiro atoms. The maximum atomic E-state index is 6.13. The molecular formula is C14H15Cl2N5O. The van der Waals surface area contributed by atoms with E-state index in [1.54, 1.807) is 24.4 Å². The summed E-state index contributed by atoms with van der Waals surface area (Å²) < 4.78 is 5.56. The Morgan fingerprint density at radius 3 is 3.05 bits per heavy atom. The number of benzene rings is 1. The van der Waals surface area contributed by atoms with Gasteiger partial charge in [-0.1, -0.05) is 29.3 Å². The monoisotopic (exact) mass is 339 g/mol. The lowest BCUT2D eigenvalue weighted by atomic mass is 10.2. The number of aromatic nitrogens is 3. The Balaban J connectivity index is 1.66. The number of hydrogen-bond acceptors (Lipinski definition) is 6. The molecule has 1 unspecified atom stereocenters. The van der Waals surface area contributed by atoms with Crippen LogP contribution >= 0.6 is 23.2 Å². The highest BCUT2D eigenvalue weighted by Crippen LogP contribution is 2.30. The summed E-state index contributed by atoms with van der Waals surface area (Å²) in [7, 11) is 0. The van der Waals surface area contributed by atoms with Crippen LogP contribution in [0.5, 0.6) is 0 Å². The fraction of sp³-hybridized carbons (Fsp3) is 0.357. The zero-order valence-corrected chi connectivity index (χ0v) is 13.2. The largest absolute Gasteiger partial charge is 0.376 e. The Hall–Kier alpha value is -1.63. The average Bonchev–Trinajstić information content (AvgIpc) is 3.04. The van der Waals surface area contributed by atoms with E-state index in [0.717, 1.165) is 19.4 Å². The Morgan fingerprint density at radius 2 is 2.23 bits per heavy atom. The molecule has 2 aromatic rings. The van der Waals surface area contributed by atoms with Gasteiger partial charge in [-0.3, -0.25) is 0 Å². The number of rotatable bonds is 5. The number of halogens is 2. The highest BCUT2D eigenvalue weighted by atomic mass is 35.5. The van der Waals surface area contributed by atoms with Gasteiger partial charge in [0.05, 0.1) is 28.0 Å². The van der Waals surface area contributed by atoms with E-state index in [-0.39, 0.29) is 6.10 Å². The number of hydrogen-bond donors (Lipinski definition) is 2. The van der Waals surface area contributed by atoms with E-state index in [1.807, 2.05) is 0 Å². The number of nitrogens with one attached hydrogen (secondary N) is 2. The molecule has 1 saturated heterocycles. The summed E-state index contributed by atoms with van der Waals surface area (Å²) in [5.74, 6) is 0.979. The number of nitrogens with zero attached hydrogens (tertiary/aromatic N) is 3. The van der Waals surface area contributed by atoms with Crippen LogP contribution in [0.3, 0.4) is 0 Å². The molecule has 1 aromatic carbocycles. The van der Waals surface area contributed by atoms with Crippen LogP contribution in [0.25, 0.3) is 0 Å². The van der Waals surface area contributed by atoms with Crippen molar-refractivity contribution in [1.82, 2.24) is 15.2 Å². The standard InChI is InChI=1S/C14H15Cl2N5O/c15-10-4-1-5-11(13(10)16)19-14-20-12(8-18-21-14)17-7-9-3-2-6-22-9/h1,4-5,8-9H,2-3,6-7H2,(H2,17,19,20,21). The van der Waals surface area contributed by atoms with Crippen molar-refractivity contribution in [2.45, 2.75) is 18.9 Å². The van der Waals surface area contributed by atoms with Gasteiger partial charge in [0.1, 0.15) is 0 Å². The van der Waals surface area contributed by atoms with Gasteiger partial charge < -0.3 is 15.4 Å². The Bertz CT molecular complexity index is 649. The maximum absolute atomic E-state index is 6.13. The lowest BCUT2D eigenvalue weighted by molar-refractivity contribution is 0.120. The summed E-state index contributed by atoms with van der Waals surface area (Å²) >= 11 is 12.1. The van der Waals surface area contributed by atoms with E-state index >= 15 is 0 Å². The van der Waals surface area contributed by atoms with Crippen molar-refractivity contribution < 1.29 is 4.74 Å². The van der Waals surface area contributed by atoms with E-state index in [1.165, 1.54) is 0 Å². The van der Waals surface area contributed by atoms with Gasteiger partial charge in [0.25, 0.3) is 0 Å². The third-order valence-corrected chi connectivity index (χ3v) is 4.11. The fourth-order valence-electron chi connectivity index (χ4n) is 2.19. The highest BCUT2D eigenvalue weighted by Gasteiger charge is 2.15. The van der Waals surface area contributed by atoms with Crippen LogP contribution in [0, 0.1) is 0 Å². The third kappa shape index (κ3) is 3.76. The van der Waals surface area contributed by atoms with E-state index in [9.17, 15) is 0 Å². The van der Waals surface area contributed by atoms with Crippen LogP contribution in [0.4, 0.5) is 17.5 Å². The van der Waals surface area contributed by atoms with Crippen molar-refractivity contribution in [3.63, 3.8) is 0 Å². The molecular weight excluding hydrogens is 325 g/mol. The van der Waals surface area contributed by atoms with Crippen LogP contribution in [0.15, 0.2) is 24.4 Å². The Labute approximate surface area is 138 Å². The first-order chi connectivity index (χ1) is 10.7. The second-order valence-corrected chi connectivity index (χ2v) is 5.69. The first-order valence-electron chi connectivity index (χ1n) is 6.98. The molecule has 0 radical (unpaired) electrons.